The van der Waals surface area contributed by atoms with Crippen LogP contribution in [-0.4, -0.2) is 47.3 Å². The van der Waals surface area contributed by atoms with Gasteiger partial charge in [0.15, 0.2) is 0 Å². The number of hydrogen-bond donors (Lipinski definition) is 1. The minimum atomic E-state index is -0.330. The zero-order chi connectivity index (χ0) is 25.6. The second kappa shape index (κ2) is 11.2. The highest BCUT2D eigenvalue weighted by Crippen LogP contribution is 2.32. The van der Waals surface area contributed by atoms with Gasteiger partial charge in [0.1, 0.15) is 11.5 Å². The van der Waals surface area contributed by atoms with Crippen LogP contribution in [-0.2, 0) is 0 Å². The van der Waals surface area contributed by atoms with Crippen LogP contribution in [0.15, 0.2) is 72.1 Å². The van der Waals surface area contributed by atoms with E-state index in [1.165, 1.54) is 24.0 Å². The Morgan fingerprint density at radius 2 is 1.86 bits per heavy atom. The van der Waals surface area contributed by atoms with E-state index in [-0.39, 0.29) is 17.9 Å². The van der Waals surface area contributed by atoms with Crippen LogP contribution in [0.2, 0.25) is 0 Å². The maximum Gasteiger partial charge on any atom is 0.276 e. The van der Waals surface area contributed by atoms with Crippen LogP contribution in [0.3, 0.4) is 0 Å². The highest BCUT2D eigenvalue weighted by atomic mass is 16.5. The summed E-state index contributed by atoms with van der Waals surface area (Å²) < 4.78 is 11.8. The molecule has 3 aromatic rings. The lowest BCUT2D eigenvalue weighted by Gasteiger charge is -2.26. The molecule has 8 nitrogen and oxygen atoms in total. The van der Waals surface area contributed by atoms with Crippen LogP contribution in [0.25, 0.3) is 0 Å². The molecule has 1 saturated carbocycles. The molecule has 0 bridgehead atoms. The number of nitrogens with one attached hydrogen (secondary N) is 1. The molecule has 1 N–H and O–H groups in total. The van der Waals surface area contributed by atoms with Gasteiger partial charge in [-0.2, -0.15) is 5.10 Å². The normalized spacial score (nSPS) is 15.7. The van der Waals surface area contributed by atoms with Crippen molar-refractivity contribution in [3.63, 3.8) is 0 Å². The maximum absolute atomic E-state index is 13.6. The molecule has 8 heteroatoms. The molecular formula is C29H30N4O4. The van der Waals surface area contributed by atoms with Crippen LogP contribution in [0.1, 0.15) is 64.8 Å². The Morgan fingerprint density at radius 1 is 1.03 bits per heavy atom. The third-order valence-corrected chi connectivity index (χ3v) is 6.68. The first-order chi connectivity index (χ1) is 18.1. The number of benzene rings is 2. The summed E-state index contributed by atoms with van der Waals surface area (Å²) in [5.74, 6) is 0.858. The fourth-order valence-corrected chi connectivity index (χ4v) is 4.74. The average molecular weight is 499 g/mol. The number of nitrogens with zero attached hydrogens (tertiary/aromatic N) is 3. The van der Waals surface area contributed by atoms with Gasteiger partial charge in [-0.15, -0.1) is 0 Å². The van der Waals surface area contributed by atoms with Crippen molar-refractivity contribution in [1.82, 2.24) is 9.99 Å². The van der Waals surface area contributed by atoms with E-state index >= 15 is 0 Å². The summed E-state index contributed by atoms with van der Waals surface area (Å²) in [6.45, 7) is 0.488. The van der Waals surface area contributed by atoms with E-state index in [4.69, 9.17) is 14.6 Å². The number of carbonyl (C=O) groups is 2. The van der Waals surface area contributed by atoms with E-state index in [0.717, 1.165) is 48.5 Å². The Bertz CT molecular complexity index is 1300. The Hall–Kier alpha value is -4.20. The molecule has 2 aliphatic rings. The highest BCUT2D eigenvalue weighted by Gasteiger charge is 2.26. The van der Waals surface area contributed by atoms with Gasteiger partial charge in [-0.3, -0.25) is 14.6 Å². The van der Waals surface area contributed by atoms with Gasteiger partial charge in [-0.1, -0.05) is 12.1 Å². The average Bonchev–Trinajstić information content (AvgIpc) is 3.46. The molecule has 1 fully saturated rings. The second-order valence-electron chi connectivity index (χ2n) is 9.21. The summed E-state index contributed by atoms with van der Waals surface area (Å²) in [5, 5.41) is 9.08. The van der Waals surface area contributed by atoms with E-state index in [1.54, 1.807) is 49.7 Å². The molecule has 1 aliphatic heterocycles. The van der Waals surface area contributed by atoms with Gasteiger partial charge in [0, 0.05) is 30.6 Å². The third kappa shape index (κ3) is 5.63. The Balaban J connectivity index is 1.40. The van der Waals surface area contributed by atoms with E-state index in [0.29, 0.717) is 23.4 Å². The Morgan fingerprint density at radius 3 is 2.65 bits per heavy atom. The first-order valence-electron chi connectivity index (χ1n) is 12.7. The number of anilines is 1. The first-order valence-corrected chi connectivity index (χ1v) is 12.7. The van der Waals surface area contributed by atoms with E-state index in [1.807, 2.05) is 18.2 Å². The van der Waals surface area contributed by atoms with Crippen molar-refractivity contribution in [2.45, 2.75) is 44.6 Å². The number of carbonyl (C=O) groups excluding carboxylic acids is 2. The van der Waals surface area contributed by atoms with Gasteiger partial charge in [-0.25, -0.2) is 5.01 Å². The number of hydrogen-bond acceptors (Lipinski definition) is 6. The van der Waals surface area contributed by atoms with Crippen LogP contribution in [0.5, 0.6) is 11.5 Å². The SMILES string of the molecule is COc1ccc(C2=NN(C(=O)c3ccccc3NC(=O)c3cccnc3)CCC2)c(OC2CCCC2)c1. The van der Waals surface area contributed by atoms with Crippen LogP contribution in [0, 0.1) is 0 Å². The standard InChI is InChI=1S/C29H30N4O4/c1-36-22-14-15-23(27(18-22)37-21-9-2-3-10-21)26-13-7-17-33(32-26)29(35)24-11-4-5-12-25(24)31-28(34)20-8-6-16-30-19-20/h4-6,8,11-12,14-16,18-19,21H,2-3,7,9-10,13,17H2,1H3,(H,31,34). The van der Waals surface area contributed by atoms with Crippen molar-refractivity contribution in [1.29, 1.82) is 0 Å². The number of hydrazone groups is 1. The van der Waals surface area contributed by atoms with Crippen molar-refractivity contribution in [3.8, 4) is 11.5 Å². The minimum Gasteiger partial charge on any atom is -0.497 e. The van der Waals surface area contributed by atoms with Crippen molar-refractivity contribution in [2.24, 2.45) is 5.10 Å². The van der Waals surface area contributed by atoms with Gasteiger partial charge in [0.25, 0.3) is 11.8 Å². The number of para-hydroxylation sites is 1. The molecule has 0 spiro atoms. The lowest BCUT2D eigenvalue weighted by molar-refractivity contribution is 0.0752. The van der Waals surface area contributed by atoms with Crippen molar-refractivity contribution in [2.75, 3.05) is 19.0 Å². The topological polar surface area (TPSA) is 93.1 Å². The summed E-state index contributed by atoms with van der Waals surface area (Å²) in [7, 11) is 1.64. The highest BCUT2D eigenvalue weighted by molar-refractivity contribution is 6.10. The molecule has 0 unspecified atom stereocenters. The number of methoxy groups -OCH3 is 1. The number of pyridine rings is 1. The molecule has 0 atom stereocenters. The zero-order valence-corrected chi connectivity index (χ0v) is 20.9. The summed E-state index contributed by atoms with van der Waals surface area (Å²) in [6, 6.07) is 16.1. The molecule has 2 aromatic carbocycles. The van der Waals surface area contributed by atoms with Gasteiger partial charge in [0.2, 0.25) is 0 Å². The number of ether oxygens (including phenoxy) is 2. The summed E-state index contributed by atoms with van der Waals surface area (Å²) in [5.41, 5.74) is 2.90. The third-order valence-electron chi connectivity index (χ3n) is 6.68. The Labute approximate surface area is 216 Å². The first kappa shape index (κ1) is 24.5. The summed E-state index contributed by atoms with van der Waals surface area (Å²) in [6.07, 6.45) is 9.19. The molecule has 5 rings (SSSR count). The maximum atomic E-state index is 13.6. The van der Waals surface area contributed by atoms with Gasteiger partial charge in [-0.05, 0) is 74.9 Å². The van der Waals surface area contributed by atoms with Crippen molar-refractivity contribution in [3.05, 3.63) is 83.7 Å². The quantitative estimate of drug-likeness (QED) is 0.477. The monoisotopic (exact) mass is 498 g/mol. The zero-order valence-electron chi connectivity index (χ0n) is 20.9. The molecule has 190 valence electrons. The number of aromatic nitrogens is 1. The molecule has 1 aromatic heterocycles. The Kier molecular flexibility index (Phi) is 7.44. The summed E-state index contributed by atoms with van der Waals surface area (Å²) >= 11 is 0. The van der Waals surface area contributed by atoms with Crippen LogP contribution < -0.4 is 14.8 Å². The summed E-state index contributed by atoms with van der Waals surface area (Å²) in [4.78, 5) is 30.3. The molecule has 2 heterocycles. The molecule has 0 radical (unpaired) electrons. The second-order valence-corrected chi connectivity index (χ2v) is 9.21. The van der Waals surface area contributed by atoms with Crippen LogP contribution >= 0.6 is 0 Å². The molecule has 2 amide bonds. The van der Waals surface area contributed by atoms with Crippen molar-refractivity contribution < 1.29 is 19.1 Å². The lowest BCUT2D eigenvalue weighted by atomic mass is 10.0. The largest absolute Gasteiger partial charge is 0.497 e. The van der Waals surface area contributed by atoms with Gasteiger partial charge in [0.05, 0.1) is 35.7 Å². The number of rotatable bonds is 7. The fourth-order valence-electron chi connectivity index (χ4n) is 4.74. The van der Waals surface area contributed by atoms with E-state index in [9.17, 15) is 9.59 Å². The predicted octanol–water partition coefficient (Wildman–Crippen LogP) is 5.30. The molecule has 0 saturated heterocycles. The van der Waals surface area contributed by atoms with Gasteiger partial charge >= 0.3 is 0 Å². The molecule has 37 heavy (non-hydrogen) atoms. The van der Waals surface area contributed by atoms with E-state index < -0.39 is 0 Å². The van der Waals surface area contributed by atoms with Gasteiger partial charge < -0.3 is 14.8 Å². The smallest absolute Gasteiger partial charge is 0.276 e. The van der Waals surface area contributed by atoms with Crippen molar-refractivity contribution >= 4 is 23.2 Å². The minimum absolute atomic E-state index is 0.183. The van der Waals surface area contributed by atoms with E-state index in [2.05, 4.69) is 10.3 Å². The molecular weight excluding hydrogens is 468 g/mol. The van der Waals surface area contributed by atoms with Crippen LogP contribution in [0.4, 0.5) is 5.69 Å². The number of amides is 2. The fraction of sp³-hybridized carbons (Fsp3) is 0.310. The lowest BCUT2D eigenvalue weighted by Crippen LogP contribution is -2.33. The molecule has 1 aliphatic carbocycles. The predicted molar refractivity (Wildman–Crippen MR) is 141 cm³/mol.